The van der Waals surface area contributed by atoms with Crippen molar-refractivity contribution in [1.29, 1.82) is 0 Å². The molecule has 0 spiro atoms. The van der Waals surface area contributed by atoms with E-state index in [-0.39, 0.29) is 5.91 Å². The van der Waals surface area contributed by atoms with Crippen molar-refractivity contribution in [3.05, 3.63) is 77.6 Å². The van der Waals surface area contributed by atoms with E-state index in [1.807, 2.05) is 30.3 Å². The fraction of sp³-hybridized carbons (Fsp3) is 0.200. The van der Waals surface area contributed by atoms with E-state index in [0.29, 0.717) is 23.6 Å². The van der Waals surface area contributed by atoms with E-state index in [1.54, 1.807) is 32.5 Å². The molecule has 4 aromatic rings. The number of hydrogen-bond donors (Lipinski definition) is 2. The number of amides is 1. The molecule has 6 heteroatoms. The number of ether oxygens (including phenoxy) is 2. The lowest BCUT2D eigenvalue weighted by molar-refractivity contribution is 0.0954. The number of carbonyl (C=O) groups excluding carboxylic acids is 1. The number of aromatic amines is 1. The standard InChI is InChI=1S/C25H25N3O3/c1-16-21(22-6-4-5-7-24(22)28-16)10-11-26-25(29)17-8-9-23(27-15-17)18-12-19(30-2)14-20(13-18)31-3/h4-9,12-15,28H,10-11H2,1-3H3,(H,26,29). The summed E-state index contributed by atoms with van der Waals surface area (Å²) in [7, 11) is 3.22. The van der Waals surface area contributed by atoms with E-state index in [1.165, 1.54) is 10.9 Å². The molecule has 31 heavy (non-hydrogen) atoms. The lowest BCUT2D eigenvalue weighted by Gasteiger charge is -2.09. The number of carbonyl (C=O) groups is 1. The first kappa shape index (κ1) is 20.5. The maximum Gasteiger partial charge on any atom is 0.252 e. The highest BCUT2D eigenvalue weighted by Crippen LogP contribution is 2.28. The van der Waals surface area contributed by atoms with Crippen LogP contribution in [0.25, 0.3) is 22.2 Å². The molecule has 6 nitrogen and oxygen atoms in total. The number of pyridine rings is 1. The molecule has 0 aliphatic carbocycles. The van der Waals surface area contributed by atoms with E-state index >= 15 is 0 Å². The average Bonchev–Trinajstić information content (AvgIpc) is 3.13. The summed E-state index contributed by atoms with van der Waals surface area (Å²) in [6, 6.07) is 17.4. The SMILES string of the molecule is COc1cc(OC)cc(-c2ccc(C(=O)NCCc3c(C)[nH]c4ccccc34)cn2)c1. The summed E-state index contributed by atoms with van der Waals surface area (Å²) in [5.74, 6) is 1.23. The van der Waals surface area contributed by atoms with Crippen LogP contribution in [-0.2, 0) is 6.42 Å². The molecule has 2 aromatic carbocycles. The van der Waals surface area contributed by atoms with Crippen molar-refractivity contribution >= 4 is 16.8 Å². The van der Waals surface area contributed by atoms with Gasteiger partial charge >= 0.3 is 0 Å². The smallest absolute Gasteiger partial charge is 0.252 e. The molecule has 0 bridgehead atoms. The minimum atomic E-state index is -0.139. The van der Waals surface area contributed by atoms with Crippen LogP contribution in [0.15, 0.2) is 60.8 Å². The Morgan fingerprint density at radius 3 is 2.45 bits per heavy atom. The Morgan fingerprint density at radius 2 is 1.77 bits per heavy atom. The molecule has 2 aromatic heterocycles. The van der Waals surface area contributed by atoms with Gasteiger partial charge in [0.05, 0.1) is 25.5 Å². The van der Waals surface area contributed by atoms with Crippen LogP contribution >= 0.6 is 0 Å². The molecule has 158 valence electrons. The second kappa shape index (κ2) is 8.92. The van der Waals surface area contributed by atoms with E-state index in [9.17, 15) is 4.79 Å². The van der Waals surface area contributed by atoms with Crippen molar-refractivity contribution in [2.24, 2.45) is 0 Å². The van der Waals surface area contributed by atoms with Gasteiger partial charge in [-0.2, -0.15) is 0 Å². The number of benzene rings is 2. The van der Waals surface area contributed by atoms with Gasteiger partial charge in [0.2, 0.25) is 0 Å². The molecular formula is C25H25N3O3. The van der Waals surface area contributed by atoms with Gasteiger partial charge in [-0.25, -0.2) is 0 Å². The van der Waals surface area contributed by atoms with Crippen molar-refractivity contribution in [2.45, 2.75) is 13.3 Å². The number of hydrogen-bond acceptors (Lipinski definition) is 4. The van der Waals surface area contributed by atoms with Crippen LogP contribution in [0.5, 0.6) is 11.5 Å². The van der Waals surface area contributed by atoms with Crippen LogP contribution in [0.3, 0.4) is 0 Å². The van der Waals surface area contributed by atoms with Gasteiger partial charge in [0.1, 0.15) is 11.5 Å². The van der Waals surface area contributed by atoms with Crippen molar-refractivity contribution in [3.63, 3.8) is 0 Å². The molecule has 0 saturated carbocycles. The van der Waals surface area contributed by atoms with Crippen LogP contribution < -0.4 is 14.8 Å². The van der Waals surface area contributed by atoms with Gasteiger partial charge in [0, 0.05) is 41.0 Å². The third-order valence-corrected chi connectivity index (χ3v) is 5.36. The highest BCUT2D eigenvalue weighted by atomic mass is 16.5. The van der Waals surface area contributed by atoms with Crippen LogP contribution in [0.1, 0.15) is 21.6 Å². The zero-order chi connectivity index (χ0) is 21.8. The number of nitrogens with zero attached hydrogens (tertiary/aromatic N) is 1. The van der Waals surface area contributed by atoms with E-state index in [0.717, 1.165) is 28.9 Å². The summed E-state index contributed by atoms with van der Waals surface area (Å²) in [5.41, 5.74) is 5.61. The second-order valence-corrected chi connectivity index (χ2v) is 7.31. The maximum atomic E-state index is 12.6. The topological polar surface area (TPSA) is 76.2 Å². The monoisotopic (exact) mass is 415 g/mol. The number of rotatable bonds is 7. The summed E-state index contributed by atoms with van der Waals surface area (Å²) >= 11 is 0. The van der Waals surface area contributed by atoms with Crippen molar-refractivity contribution in [3.8, 4) is 22.8 Å². The van der Waals surface area contributed by atoms with Gasteiger partial charge in [0.15, 0.2) is 0 Å². The summed E-state index contributed by atoms with van der Waals surface area (Å²) in [5, 5.41) is 4.19. The number of para-hydroxylation sites is 1. The zero-order valence-electron chi connectivity index (χ0n) is 17.9. The Bertz CT molecular complexity index is 1190. The molecule has 0 atom stereocenters. The number of aryl methyl sites for hydroxylation is 1. The summed E-state index contributed by atoms with van der Waals surface area (Å²) in [4.78, 5) is 20.4. The highest BCUT2D eigenvalue weighted by Gasteiger charge is 2.11. The first-order valence-corrected chi connectivity index (χ1v) is 10.1. The molecule has 0 aliphatic rings. The molecule has 1 amide bonds. The Kier molecular flexibility index (Phi) is 5.89. The van der Waals surface area contributed by atoms with Gasteiger partial charge in [-0.1, -0.05) is 18.2 Å². The van der Waals surface area contributed by atoms with Gasteiger partial charge in [-0.3, -0.25) is 9.78 Å². The molecular weight excluding hydrogens is 390 g/mol. The number of aromatic nitrogens is 2. The van der Waals surface area contributed by atoms with E-state index in [2.05, 4.69) is 34.3 Å². The van der Waals surface area contributed by atoms with Gasteiger partial charge in [-0.15, -0.1) is 0 Å². The normalized spacial score (nSPS) is 10.8. The molecule has 4 rings (SSSR count). The lowest BCUT2D eigenvalue weighted by Crippen LogP contribution is -2.25. The zero-order valence-corrected chi connectivity index (χ0v) is 17.9. The Morgan fingerprint density at radius 1 is 1.03 bits per heavy atom. The van der Waals surface area contributed by atoms with Crippen molar-refractivity contribution in [1.82, 2.24) is 15.3 Å². The quantitative estimate of drug-likeness (QED) is 0.465. The third-order valence-electron chi connectivity index (χ3n) is 5.36. The van der Waals surface area contributed by atoms with Gasteiger partial charge in [0.25, 0.3) is 5.91 Å². The summed E-state index contributed by atoms with van der Waals surface area (Å²) in [6.45, 7) is 2.61. The Labute approximate surface area is 181 Å². The third kappa shape index (κ3) is 4.38. The fourth-order valence-electron chi connectivity index (χ4n) is 3.71. The summed E-state index contributed by atoms with van der Waals surface area (Å²) in [6.07, 6.45) is 2.35. The minimum absolute atomic E-state index is 0.139. The van der Waals surface area contributed by atoms with Crippen LogP contribution in [0.2, 0.25) is 0 Å². The van der Waals surface area contributed by atoms with E-state index < -0.39 is 0 Å². The van der Waals surface area contributed by atoms with Crippen LogP contribution in [-0.4, -0.2) is 36.6 Å². The molecule has 0 saturated heterocycles. The lowest BCUT2D eigenvalue weighted by atomic mass is 10.1. The number of fused-ring (bicyclic) bond motifs is 1. The van der Waals surface area contributed by atoms with Crippen molar-refractivity contribution in [2.75, 3.05) is 20.8 Å². The molecule has 0 radical (unpaired) electrons. The fourth-order valence-corrected chi connectivity index (χ4v) is 3.71. The van der Waals surface area contributed by atoms with Gasteiger partial charge in [-0.05, 0) is 49.2 Å². The average molecular weight is 415 g/mol. The molecule has 0 aliphatic heterocycles. The van der Waals surface area contributed by atoms with E-state index in [4.69, 9.17) is 9.47 Å². The Balaban J connectivity index is 1.42. The molecule has 0 unspecified atom stereocenters. The summed E-state index contributed by atoms with van der Waals surface area (Å²) < 4.78 is 10.6. The van der Waals surface area contributed by atoms with Gasteiger partial charge < -0.3 is 19.8 Å². The maximum absolute atomic E-state index is 12.6. The molecule has 2 heterocycles. The number of nitrogens with one attached hydrogen (secondary N) is 2. The van der Waals surface area contributed by atoms with Crippen LogP contribution in [0, 0.1) is 6.92 Å². The largest absolute Gasteiger partial charge is 0.497 e. The highest BCUT2D eigenvalue weighted by molar-refractivity contribution is 5.94. The first-order chi connectivity index (χ1) is 15.1. The number of methoxy groups -OCH3 is 2. The molecule has 0 fully saturated rings. The predicted octanol–water partition coefficient (Wildman–Crippen LogP) is 4.53. The predicted molar refractivity (Wildman–Crippen MR) is 122 cm³/mol. The minimum Gasteiger partial charge on any atom is -0.497 e. The molecule has 2 N–H and O–H groups in total. The van der Waals surface area contributed by atoms with Crippen molar-refractivity contribution < 1.29 is 14.3 Å². The Hall–Kier alpha value is -3.80. The number of H-pyrrole nitrogens is 1. The van der Waals surface area contributed by atoms with Crippen LogP contribution in [0.4, 0.5) is 0 Å². The second-order valence-electron chi connectivity index (χ2n) is 7.31. The first-order valence-electron chi connectivity index (χ1n) is 10.1.